The summed E-state index contributed by atoms with van der Waals surface area (Å²) in [6.07, 6.45) is 2.91. The van der Waals surface area contributed by atoms with Gasteiger partial charge in [-0.2, -0.15) is 0 Å². The van der Waals surface area contributed by atoms with Crippen LogP contribution in [0.15, 0.2) is 67.3 Å². The van der Waals surface area contributed by atoms with Crippen LogP contribution in [0.2, 0.25) is 10.0 Å². The van der Waals surface area contributed by atoms with Crippen molar-refractivity contribution in [3.8, 4) is 51.4 Å². The fourth-order valence-electron chi connectivity index (χ4n) is 8.52. The molecule has 362 valence electrons. The number of nitrogens with zero attached hydrogens (tertiary/aromatic N) is 6. The molecule has 0 spiro atoms. The molecule has 2 atom stereocenters. The standard InChI is InChI=1S/C51H54Cl2N6O9S/c1-29-40-30(2)44(53)45(43(29)52)66-34(24-59-18-16-58(6)17-19-59)26-64-33-12-13-36(65-25-32-14-15-54-47(57-32)35-10-8-9-11-37(35)61-7)31(22-33)23-38(50(60)68-51(3,4)5)67-48-42-41(40)46(39-27-62-20-21-63-39)69-49(42)56-28-55-48/h8-15,22,27-28,34,38H,16-21,23-26H2,1-7H3/t34-,38-/m1/s1. The van der Waals surface area contributed by atoms with E-state index in [0.717, 1.165) is 31.7 Å². The lowest BCUT2D eigenvalue weighted by Crippen LogP contribution is -2.49. The molecule has 3 aromatic carbocycles. The quantitative estimate of drug-likeness (QED) is 0.127. The van der Waals surface area contributed by atoms with Crippen LogP contribution in [-0.4, -0.2) is 120 Å². The lowest BCUT2D eigenvalue weighted by atomic mass is 9.93. The van der Waals surface area contributed by atoms with Crippen molar-refractivity contribution in [2.24, 2.45) is 0 Å². The average Bonchev–Trinajstić information content (AvgIpc) is 3.73. The Hall–Kier alpha value is -5.91. The van der Waals surface area contributed by atoms with Gasteiger partial charge in [-0.05, 0) is 94.8 Å². The number of methoxy groups -OCH3 is 1. The maximum atomic E-state index is 14.5. The number of aromatic nitrogens is 4. The topological polar surface area (TPSA) is 149 Å². The predicted molar refractivity (Wildman–Crippen MR) is 265 cm³/mol. The number of likely N-dealkylation sites (N-methyl/N-ethyl adjacent to an activating group) is 1. The highest BCUT2D eigenvalue weighted by molar-refractivity contribution is 7.20. The summed E-state index contributed by atoms with van der Waals surface area (Å²) in [5, 5.41) is 1.19. The number of halogens is 2. The number of hydrogen-bond acceptors (Lipinski definition) is 16. The molecule has 0 radical (unpaired) electrons. The highest BCUT2D eigenvalue weighted by Gasteiger charge is 2.35. The van der Waals surface area contributed by atoms with Crippen molar-refractivity contribution >= 4 is 56.5 Å². The van der Waals surface area contributed by atoms with Crippen molar-refractivity contribution in [1.82, 2.24) is 29.7 Å². The zero-order valence-electron chi connectivity index (χ0n) is 39.6. The van der Waals surface area contributed by atoms with Gasteiger partial charge in [0, 0.05) is 56.5 Å². The molecule has 4 aliphatic rings. The van der Waals surface area contributed by atoms with Gasteiger partial charge in [-0.25, -0.2) is 24.7 Å². The Morgan fingerprint density at radius 2 is 1.70 bits per heavy atom. The lowest BCUT2D eigenvalue weighted by molar-refractivity contribution is -0.163. The maximum absolute atomic E-state index is 14.5. The summed E-state index contributed by atoms with van der Waals surface area (Å²) < 4.78 is 50.6. The fourth-order valence-corrected chi connectivity index (χ4v) is 10.1. The van der Waals surface area contributed by atoms with Crippen LogP contribution in [-0.2, 0) is 32.0 Å². The SMILES string of the molecule is COc1ccccc1-c1nccc(COc2ccc3cc2C[C@H](C(=O)OC(C)(C)C)Oc2ncnc4sc(C5=COCCO5)c(c24)-c2c(C)c(Cl)c(c(Cl)c2C)O[C@H](CN2CCN(C)CC2)CO3)n1. The molecule has 15 nitrogen and oxygen atoms in total. The molecule has 69 heavy (non-hydrogen) atoms. The van der Waals surface area contributed by atoms with Gasteiger partial charge in [0.2, 0.25) is 12.0 Å². The number of carbonyl (C=O) groups excluding carboxylic acids is 1. The Labute approximate surface area is 415 Å². The second kappa shape index (κ2) is 20.6. The summed E-state index contributed by atoms with van der Waals surface area (Å²) >= 11 is 16.2. The average molecular weight is 998 g/mol. The molecular weight excluding hydrogens is 944 g/mol. The molecule has 0 aliphatic carbocycles. The highest BCUT2D eigenvalue weighted by Crippen LogP contribution is 2.52. The van der Waals surface area contributed by atoms with E-state index in [1.807, 2.05) is 77.1 Å². The summed E-state index contributed by atoms with van der Waals surface area (Å²) in [7, 11) is 3.73. The molecule has 3 aromatic heterocycles. The number of piperazine rings is 1. The Morgan fingerprint density at radius 1 is 0.913 bits per heavy atom. The second-order valence-electron chi connectivity index (χ2n) is 18.1. The first-order valence-electron chi connectivity index (χ1n) is 22.8. The number of fused-ring (bicyclic) bond motifs is 7. The minimum absolute atomic E-state index is 0.0111. The number of thiophene rings is 1. The van der Waals surface area contributed by atoms with E-state index in [-0.39, 0.29) is 25.5 Å². The summed E-state index contributed by atoms with van der Waals surface area (Å²) in [4.78, 5) is 39.2. The Bertz CT molecular complexity index is 2870. The number of hydrogen-bond donors (Lipinski definition) is 0. The van der Waals surface area contributed by atoms with E-state index in [0.29, 0.717) is 113 Å². The minimum Gasteiger partial charge on any atom is -0.496 e. The predicted octanol–water partition coefficient (Wildman–Crippen LogP) is 9.39. The lowest BCUT2D eigenvalue weighted by Gasteiger charge is -2.35. The van der Waals surface area contributed by atoms with Crippen molar-refractivity contribution < 1.29 is 42.7 Å². The molecule has 1 fully saturated rings. The summed E-state index contributed by atoms with van der Waals surface area (Å²) in [6.45, 7) is 14.3. The number of ether oxygens (including phenoxy) is 8. The number of benzene rings is 3. The van der Waals surface area contributed by atoms with Crippen LogP contribution in [0.1, 0.15) is 48.0 Å². The first-order valence-corrected chi connectivity index (χ1v) is 24.3. The number of para-hydroxylation sites is 1. The number of carbonyl (C=O) groups is 1. The molecule has 4 aliphatic heterocycles. The molecule has 4 bridgehead atoms. The van der Waals surface area contributed by atoms with Gasteiger partial charge in [-0.3, -0.25) is 4.90 Å². The number of esters is 1. The van der Waals surface area contributed by atoms with Gasteiger partial charge in [0.15, 0.2) is 17.3 Å². The van der Waals surface area contributed by atoms with Crippen LogP contribution in [0.3, 0.4) is 0 Å². The monoisotopic (exact) mass is 996 g/mol. The van der Waals surface area contributed by atoms with E-state index in [1.165, 1.54) is 17.7 Å². The Morgan fingerprint density at radius 3 is 2.43 bits per heavy atom. The van der Waals surface area contributed by atoms with Crippen molar-refractivity contribution in [3.05, 3.63) is 105 Å². The van der Waals surface area contributed by atoms with Gasteiger partial charge >= 0.3 is 5.97 Å². The first-order chi connectivity index (χ1) is 33.2. The molecule has 7 heterocycles. The fraction of sp³-hybridized carbons (Fsp3) is 0.392. The normalized spacial score (nSPS) is 17.9. The van der Waals surface area contributed by atoms with Crippen LogP contribution in [0.25, 0.3) is 38.5 Å². The van der Waals surface area contributed by atoms with Crippen LogP contribution in [0, 0.1) is 13.8 Å². The maximum Gasteiger partial charge on any atom is 0.348 e. The van der Waals surface area contributed by atoms with E-state index in [2.05, 4.69) is 21.8 Å². The first kappa shape index (κ1) is 48.1. The third kappa shape index (κ3) is 10.7. The van der Waals surface area contributed by atoms with Crippen LogP contribution >= 0.6 is 34.5 Å². The Kier molecular flexibility index (Phi) is 14.4. The smallest absolute Gasteiger partial charge is 0.348 e. The molecule has 6 aromatic rings. The summed E-state index contributed by atoms with van der Waals surface area (Å²) in [5.41, 5.74) is 3.85. The van der Waals surface area contributed by atoms with E-state index >= 15 is 0 Å². The van der Waals surface area contributed by atoms with Gasteiger partial charge in [0.05, 0.1) is 38.7 Å². The van der Waals surface area contributed by atoms with Crippen LogP contribution in [0.4, 0.5) is 0 Å². The van der Waals surface area contributed by atoms with Gasteiger partial charge in [0.1, 0.15) is 72.8 Å². The van der Waals surface area contributed by atoms with E-state index in [4.69, 9.17) is 76.0 Å². The third-order valence-electron chi connectivity index (χ3n) is 12.0. The van der Waals surface area contributed by atoms with Crippen molar-refractivity contribution in [3.63, 3.8) is 0 Å². The summed E-state index contributed by atoms with van der Waals surface area (Å²) in [6, 6.07) is 14.8. The summed E-state index contributed by atoms with van der Waals surface area (Å²) in [5.74, 6) is 2.47. The van der Waals surface area contributed by atoms with E-state index in [9.17, 15) is 4.79 Å². The molecule has 0 unspecified atom stereocenters. The van der Waals surface area contributed by atoms with Gasteiger partial charge in [0.25, 0.3) is 0 Å². The number of rotatable bonds is 9. The Balaban J connectivity index is 1.19. The van der Waals surface area contributed by atoms with Gasteiger partial charge in [-0.1, -0.05) is 35.3 Å². The van der Waals surface area contributed by atoms with Crippen molar-refractivity contribution in [1.29, 1.82) is 0 Å². The molecular formula is C51H54Cl2N6O9S. The van der Waals surface area contributed by atoms with Gasteiger partial charge in [-0.15, -0.1) is 11.3 Å². The third-order valence-corrected chi connectivity index (χ3v) is 14.0. The zero-order valence-corrected chi connectivity index (χ0v) is 41.9. The largest absolute Gasteiger partial charge is 0.496 e. The molecule has 1 saturated heterocycles. The minimum atomic E-state index is -1.25. The van der Waals surface area contributed by atoms with Gasteiger partial charge < -0.3 is 42.8 Å². The molecule has 0 saturated carbocycles. The van der Waals surface area contributed by atoms with Crippen molar-refractivity contribution in [2.45, 2.75) is 65.5 Å². The van der Waals surface area contributed by atoms with Crippen molar-refractivity contribution in [2.75, 3.05) is 66.7 Å². The molecule has 18 heteroatoms. The molecule has 0 N–H and O–H groups in total. The zero-order chi connectivity index (χ0) is 48.4. The van der Waals surface area contributed by atoms with Crippen LogP contribution in [0.5, 0.6) is 28.9 Å². The molecule has 10 rings (SSSR count). The van der Waals surface area contributed by atoms with Crippen LogP contribution < -0.4 is 23.7 Å². The second-order valence-corrected chi connectivity index (χ2v) is 19.8. The highest BCUT2D eigenvalue weighted by atomic mass is 35.5. The van der Waals surface area contributed by atoms with E-state index < -0.39 is 23.8 Å². The molecule has 0 amide bonds. The van der Waals surface area contributed by atoms with E-state index in [1.54, 1.807) is 25.6 Å².